The molecule has 2 N–H and O–H groups in total. The van der Waals surface area contributed by atoms with Crippen LogP contribution in [0, 0.1) is 20.8 Å². The molecule has 6 rings (SSSR count). The summed E-state index contributed by atoms with van der Waals surface area (Å²) in [6.45, 7) is 12.9. The molecule has 6 aromatic rings. The molecule has 0 saturated carbocycles. The minimum Gasteiger partial charge on any atom is -0.507 e. The third-order valence-corrected chi connectivity index (χ3v) is 8.98. The summed E-state index contributed by atoms with van der Waals surface area (Å²) in [6.07, 6.45) is 2.58. The van der Waals surface area contributed by atoms with Crippen molar-refractivity contribution in [1.29, 1.82) is 0 Å². The van der Waals surface area contributed by atoms with Gasteiger partial charge in [-0.3, -0.25) is 0 Å². The van der Waals surface area contributed by atoms with E-state index in [4.69, 9.17) is 0 Å². The van der Waals surface area contributed by atoms with Crippen LogP contribution in [0.15, 0.2) is 84.9 Å². The lowest BCUT2D eigenvalue weighted by atomic mass is 9.83. The molecule has 0 fully saturated rings. The first-order valence-corrected chi connectivity index (χ1v) is 15.5. The van der Waals surface area contributed by atoms with Crippen LogP contribution in [0.4, 0.5) is 0 Å². The maximum atomic E-state index is 12.4. The SMILES string of the molecule is CCc1cc(C)cc(C)c1-c1cc2ccccc2c(-c2c(O)c(-c3c(CC)cc(C)cc3CC)cc3ccccc23)c1O. The molecule has 216 valence electrons. The number of phenolic OH excluding ortho intramolecular Hbond substituents is 2. The molecule has 0 aliphatic heterocycles. The second-order valence-corrected chi connectivity index (χ2v) is 11.9. The highest BCUT2D eigenvalue weighted by atomic mass is 16.3. The third kappa shape index (κ3) is 4.76. The Morgan fingerprint density at radius 1 is 0.465 bits per heavy atom. The minimum absolute atomic E-state index is 0.202. The van der Waals surface area contributed by atoms with Crippen molar-refractivity contribution in [3.05, 3.63) is 118 Å². The zero-order valence-electron chi connectivity index (χ0n) is 26.1. The maximum absolute atomic E-state index is 12.4. The highest BCUT2D eigenvalue weighted by Crippen LogP contribution is 2.52. The number of rotatable bonds is 6. The van der Waals surface area contributed by atoms with Crippen LogP contribution in [0.1, 0.15) is 54.2 Å². The molecule has 0 unspecified atom stereocenters. The molecular weight excluding hydrogens is 524 g/mol. The smallest absolute Gasteiger partial charge is 0.132 e. The molecule has 0 radical (unpaired) electrons. The minimum atomic E-state index is 0.202. The van der Waals surface area contributed by atoms with Crippen molar-refractivity contribution in [2.75, 3.05) is 0 Å². The van der Waals surface area contributed by atoms with Crippen molar-refractivity contribution in [3.8, 4) is 44.9 Å². The number of hydrogen-bond acceptors (Lipinski definition) is 2. The van der Waals surface area contributed by atoms with Crippen molar-refractivity contribution < 1.29 is 10.2 Å². The van der Waals surface area contributed by atoms with Crippen molar-refractivity contribution >= 4 is 21.5 Å². The molecule has 2 nitrogen and oxygen atoms in total. The predicted octanol–water partition coefficient (Wildman–Crippen LogP) is 11.0. The molecule has 0 bridgehead atoms. The molecule has 6 aromatic carbocycles. The fraction of sp³-hybridized carbons (Fsp3) is 0.220. The van der Waals surface area contributed by atoms with E-state index in [0.717, 1.165) is 68.6 Å². The Hall–Kier alpha value is -4.56. The molecule has 0 heterocycles. The average molecular weight is 565 g/mol. The van der Waals surface area contributed by atoms with Gasteiger partial charge in [0.05, 0.1) is 0 Å². The molecule has 0 spiro atoms. The zero-order chi connectivity index (χ0) is 30.4. The van der Waals surface area contributed by atoms with Crippen LogP contribution in [0.25, 0.3) is 54.9 Å². The predicted molar refractivity (Wildman–Crippen MR) is 183 cm³/mol. The molecule has 0 aromatic heterocycles. The van der Waals surface area contributed by atoms with Crippen LogP contribution >= 0.6 is 0 Å². The first-order valence-electron chi connectivity index (χ1n) is 15.5. The largest absolute Gasteiger partial charge is 0.507 e. The van der Waals surface area contributed by atoms with E-state index in [2.05, 4.69) is 102 Å². The lowest BCUT2D eigenvalue weighted by molar-refractivity contribution is 0.472. The Balaban J connectivity index is 1.79. The Bertz CT molecular complexity index is 2000. The van der Waals surface area contributed by atoms with Gasteiger partial charge < -0.3 is 10.2 Å². The second kappa shape index (κ2) is 11.3. The van der Waals surface area contributed by atoms with Gasteiger partial charge in [0, 0.05) is 22.3 Å². The number of phenols is 2. The second-order valence-electron chi connectivity index (χ2n) is 11.9. The Labute approximate surface area is 255 Å². The zero-order valence-corrected chi connectivity index (χ0v) is 26.1. The summed E-state index contributed by atoms with van der Waals surface area (Å²) in [4.78, 5) is 0. The summed E-state index contributed by atoms with van der Waals surface area (Å²) in [7, 11) is 0. The van der Waals surface area contributed by atoms with Gasteiger partial charge in [-0.1, -0.05) is 105 Å². The Morgan fingerprint density at radius 3 is 1.33 bits per heavy atom. The first kappa shape index (κ1) is 28.6. The standard InChI is InChI=1S/C41H40O2/c1-7-27-19-24(4)18-26(6)36(27)34-22-30-14-10-12-16-32(30)38(40(34)42)39-33-17-13-11-15-31(33)23-35(41(39)43)37-28(8-2)20-25(5)21-29(37)9-3/h10-23,42-43H,7-9H2,1-6H3. The van der Waals surface area contributed by atoms with Gasteiger partial charge in [0.15, 0.2) is 0 Å². The molecule has 0 saturated heterocycles. The van der Waals surface area contributed by atoms with Gasteiger partial charge in [-0.15, -0.1) is 0 Å². The summed E-state index contributed by atoms with van der Waals surface area (Å²) < 4.78 is 0. The average Bonchev–Trinajstić information content (AvgIpc) is 3.00. The van der Waals surface area contributed by atoms with Crippen LogP contribution in [-0.2, 0) is 19.3 Å². The molecule has 0 aliphatic carbocycles. The number of fused-ring (bicyclic) bond motifs is 2. The van der Waals surface area contributed by atoms with Gasteiger partial charge in [0.1, 0.15) is 11.5 Å². The van der Waals surface area contributed by atoms with Crippen LogP contribution in [0.3, 0.4) is 0 Å². The number of hydrogen-bond donors (Lipinski definition) is 2. The Morgan fingerprint density at radius 2 is 0.860 bits per heavy atom. The van der Waals surface area contributed by atoms with E-state index in [1.54, 1.807) is 0 Å². The van der Waals surface area contributed by atoms with E-state index in [1.165, 1.54) is 27.8 Å². The third-order valence-electron chi connectivity index (χ3n) is 8.98. The van der Waals surface area contributed by atoms with Crippen molar-refractivity contribution in [1.82, 2.24) is 0 Å². The maximum Gasteiger partial charge on any atom is 0.132 e. The van der Waals surface area contributed by atoms with E-state index in [-0.39, 0.29) is 11.5 Å². The molecule has 0 amide bonds. The summed E-state index contributed by atoms with van der Waals surface area (Å²) in [5.74, 6) is 0.411. The number of aryl methyl sites for hydroxylation is 6. The molecular formula is C41H40O2. The molecule has 0 atom stereocenters. The highest BCUT2D eigenvalue weighted by molar-refractivity contribution is 6.14. The van der Waals surface area contributed by atoms with E-state index in [9.17, 15) is 10.2 Å². The van der Waals surface area contributed by atoms with E-state index in [0.29, 0.717) is 11.1 Å². The van der Waals surface area contributed by atoms with Crippen LogP contribution in [0.2, 0.25) is 0 Å². The highest BCUT2D eigenvalue weighted by Gasteiger charge is 2.25. The van der Waals surface area contributed by atoms with Gasteiger partial charge in [-0.05, 0) is 107 Å². The first-order chi connectivity index (χ1) is 20.8. The summed E-state index contributed by atoms with van der Waals surface area (Å²) in [6, 6.07) is 29.5. The van der Waals surface area contributed by atoms with Gasteiger partial charge in [-0.25, -0.2) is 0 Å². The normalized spacial score (nSPS) is 11.5. The lowest BCUT2D eigenvalue weighted by Crippen LogP contribution is -1.99. The number of aromatic hydroxyl groups is 2. The van der Waals surface area contributed by atoms with E-state index >= 15 is 0 Å². The van der Waals surface area contributed by atoms with Crippen molar-refractivity contribution in [2.24, 2.45) is 0 Å². The fourth-order valence-corrected chi connectivity index (χ4v) is 7.13. The van der Waals surface area contributed by atoms with E-state index < -0.39 is 0 Å². The molecule has 43 heavy (non-hydrogen) atoms. The van der Waals surface area contributed by atoms with Crippen LogP contribution in [-0.4, -0.2) is 10.2 Å². The van der Waals surface area contributed by atoms with Gasteiger partial charge in [0.2, 0.25) is 0 Å². The van der Waals surface area contributed by atoms with Crippen molar-refractivity contribution in [3.63, 3.8) is 0 Å². The summed E-state index contributed by atoms with van der Waals surface area (Å²) in [5, 5.41) is 28.7. The number of benzene rings is 6. The monoisotopic (exact) mass is 564 g/mol. The molecule has 0 aliphatic rings. The van der Waals surface area contributed by atoms with Crippen molar-refractivity contribution in [2.45, 2.75) is 60.8 Å². The topological polar surface area (TPSA) is 40.5 Å². The van der Waals surface area contributed by atoms with Gasteiger partial charge in [-0.2, -0.15) is 0 Å². The quantitative estimate of drug-likeness (QED) is 0.211. The van der Waals surface area contributed by atoms with Crippen LogP contribution < -0.4 is 0 Å². The van der Waals surface area contributed by atoms with Gasteiger partial charge in [0.25, 0.3) is 0 Å². The summed E-state index contributed by atoms with van der Waals surface area (Å²) in [5.41, 5.74) is 12.4. The fourth-order valence-electron chi connectivity index (χ4n) is 7.13. The van der Waals surface area contributed by atoms with E-state index in [1.807, 2.05) is 24.3 Å². The van der Waals surface area contributed by atoms with Gasteiger partial charge >= 0.3 is 0 Å². The Kier molecular flexibility index (Phi) is 7.48. The van der Waals surface area contributed by atoms with Crippen LogP contribution in [0.5, 0.6) is 11.5 Å². The summed E-state index contributed by atoms with van der Waals surface area (Å²) >= 11 is 0. The lowest BCUT2D eigenvalue weighted by Gasteiger charge is -2.23. The molecule has 2 heteroatoms.